The molecule has 0 aliphatic heterocycles. The number of carbonyl (C=O) groups excluding carboxylic acids is 2. The standard InChI is InChI=1S/C16H14ClIN2O4S/c1-11(21)19-13-5-7-15(8-6-13)25(23,24)20(10-16(17)22)14-4-2-3-12(18)9-14/h2-9H,10H2,1H3,(H,19,21). The van der Waals surface area contributed by atoms with Gasteiger partial charge in [-0.3, -0.25) is 13.9 Å². The van der Waals surface area contributed by atoms with E-state index in [1.807, 2.05) is 0 Å². The van der Waals surface area contributed by atoms with Gasteiger partial charge >= 0.3 is 0 Å². The van der Waals surface area contributed by atoms with E-state index in [1.165, 1.54) is 31.2 Å². The lowest BCUT2D eigenvalue weighted by Gasteiger charge is -2.23. The van der Waals surface area contributed by atoms with Crippen LogP contribution >= 0.6 is 34.2 Å². The summed E-state index contributed by atoms with van der Waals surface area (Å²) in [6.45, 7) is 0.868. The van der Waals surface area contributed by atoms with Crippen LogP contribution in [0.25, 0.3) is 0 Å². The van der Waals surface area contributed by atoms with E-state index in [0.717, 1.165) is 7.88 Å². The molecular weight excluding hydrogens is 479 g/mol. The Hall–Kier alpha value is -1.65. The maximum absolute atomic E-state index is 12.9. The highest BCUT2D eigenvalue weighted by atomic mass is 127. The Balaban J connectivity index is 2.44. The number of carbonyl (C=O) groups is 2. The molecule has 1 amide bonds. The molecule has 0 aliphatic carbocycles. The first-order valence-electron chi connectivity index (χ1n) is 7.04. The molecule has 0 unspecified atom stereocenters. The minimum atomic E-state index is -4.00. The van der Waals surface area contributed by atoms with Crippen LogP contribution in [0.5, 0.6) is 0 Å². The van der Waals surface area contributed by atoms with Gasteiger partial charge in [0.05, 0.1) is 10.6 Å². The summed E-state index contributed by atoms with van der Waals surface area (Å²) >= 11 is 7.49. The summed E-state index contributed by atoms with van der Waals surface area (Å²) in [7, 11) is -4.00. The van der Waals surface area contributed by atoms with Crippen LogP contribution in [0, 0.1) is 3.57 Å². The Morgan fingerprint density at radius 1 is 1.16 bits per heavy atom. The number of sulfonamides is 1. The Morgan fingerprint density at radius 2 is 1.80 bits per heavy atom. The van der Waals surface area contributed by atoms with E-state index in [1.54, 1.807) is 24.3 Å². The zero-order valence-electron chi connectivity index (χ0n) is 13.1. The van der Waals surface area contributed by atoms with E-state index in [-0.39, 0.29) is 10.8 Å². The molecule has 6 nitrogen and oxygen atoms in total. The van der Waals surface area contributed by atoms with Crippen LogP contribution in [-0.2, 0) is 19.6 Å². The zero-order valence-corrected chi connectivity index (χ0v) is 16.8. The molecule has 2 aromatic rings. The maximum Gasteiger partial charge on any atom is 0.264 e. The van der Waals surface area contributed by atoms with Gasteiger partial charge in [0.25, 0.3) is 10.0 Å². The number of halogens is 2. The number of hydrogen-bond acceptors (Lipinski definition) is 4. The molecule has 0 saturated carbocycles. The Labute approximate surface area is 164 Å². The Kier molecular flexibility index (Phi) is 6.42. The molecule has 1 N–H and O–H groups in total. The van der Waals surface area contributed by atoms with Crippen LogP contribution in [0.1, 0.15) is 6.92 Å². The minimum Gasteiger partial charge on any atom is -0.326 e. The molecule has 9 heteroatoms. The van der Waals surface area contributed by atoms with Crippen molar-refractivity contribution in [2.45, 2.75) is 11.8 Å². The monoisotopic (exact) mass is 492 g/mol. The van der Waals surface area contributed by atoms with Gasteiger partial charge in [-0.05, 0) is 76.7 Å². The number of hydrogen-bond donors (Lipinski definition) is 1. The molecule has 132 valence electrons. The van der Waals surface area contributed by atoms with Gasteiger partial charge in [-0.1, -0.05) is 6.07 Å². The molecule has 25 heavy (non-hydrogen) atoms. The van der Waals surface area contributed by atoms with Crippen LogP contribution in [0.2, 0.25) is 0 Å². The largest absolute Gasteiger partial charge is 0.326 e. The second-order valence-electron chi connectivity index (χ2n) is 5.05. The number of nitrogens with zero attached hydrogens (tertiary/aromatic N) is 1. The lowest BCUT2D eigenvalue weighted by molar-refractivity contribution is -0.114. The summed E-state index contributed by atoms with van der Waals surface area (Å²) in [5.41, 5.74) is 0.813. The molecule has 0 fully saturated rings. The van der Waals surface area contributed by atoms with Crippen LogP contribution in [0.3, 0.4) is 0 Å². The zero-order chi connectivity index (χ0) is 18.6. The van der Waals surface area contributed by atoms with Gasteiger partial charge in [0.1, 0.15) is 6.54 Å². The fraction of sp³-hybridized carbons (Fsp3) is 0.125. The number of rotatable bonds is 6. The molecule has 0 aliphatic rings. The van der Waals surface area contributed by atoms with Gasteiger partial charge in [0.2, 0.25) is 11.1 Å². The fourth-order valence-corrected chi connectivity index (χ4v) is 4.23. The Bertz CT molecular complexity index is 901. The second-order valence-corrected chi connectivity index (χ2v) is 8.58. The van der Waals surface area contributed by atoms with Gasteiger partial charge in [0, 0.05) is 16.2 Å². The molecule has 0 radical (unpaired) electrons. The quantitative estimate of drug-likeness (QED) is 0.496. The molecular formula is C16H14ClIN2O4S. The summed E-state index contributed by atoms with van der Waals surface area (Å²) in [6.07, 6.45) is 0. The normalized spacial score (nSPS) is 11.0. The highest BCUT2D eigenvalue weighted by Gasteiger charge is 2.26. The predicted molar refractivity (Wildman–Crippen MR) is 105 cm³/mol. The highest BCUT2D eigenvalue weighted by Crippen LogP contribution is 2.26. The molecule has 0 bridgehead atoms. The average Bonchev–Trinajstić information content (AvgIpc) is 2.52. The summed E-state index contributed by atoms with van der Waals surface area (Å²) in [4.78, 5) is 22.4. The second kappa shape index (κ2) is 8.15. The van der Waals surface area contributed by atoms with E-state index >= 15 is 0 Å². The molecule has 0 aromatic heterocycles. The first-order chi connectivity index (χ1) is 11.7. The van der Waals surface area contributed by atoms with E-state index in [0.29, 0.717) is 11.4 Å². The molecule has 2 rings (SSSR count). The number of amides is 1. The maximum atomic E-state index is 12.9. The van der Waals surface area contributed by atoms with Crippen LogP contribution in [0.4, 0.5) is 11.4 Å². The van der Waals surface area contributed by atoms with Crippen molar-refractivity contribution in [2.24, 2.45) is 0 Å². The predicted octanol–water partition coefficient (Wildman–Crippen LogP) is 3.21. The summed E-state index contributed by atoms with van der Waals surface area (Å²) in [6, 6.07) is 12.4. The van der Waals surface area contributed by atoms with E-state index in [9.17, 15) is 18.0 Å². The van der Waals surface area contributed by atoms with Crippen LogP contribution in [0.15, 0.2) is 53.4 Å². The third-order valence-electron chi connectivity index (χ3n) is 3.13. The van der Waals surface area contributed by atoms with Crippen molar-refractivity contribution in [3.63, 3.8) is 0 Å². The average molecular weight is 493 g/mol. The summed E-state index contributed by atoms with van der Waals surface area (Å²) < 4.78 is 27.7. The summed E-state index contributed by atoms with van der Waals surface area (Å²) in [5.74, 6) is -0.260. The minimum absolute atomic E-state index is 0.0154. The van der Waals surface area contributed by atoms with Crippen molar-refractivity contribution in [3.8, 4) is 0 Å². The van der Waals surface area contributed by atoms with Crippen molar-refractivity contribution in [2.75, 3.05) is 16.2 Å². The van der Waals surface area contributed by atoms with Gasteiger partial charge < -0.3 is 5.32 Å². The van der Waals surface area contributed by atoms with Gasteiger partial charge in [-0.2, -0.15) is 0 Å². The SMILES string of the molecule is CC(=O)Nc1ccc(S(=O)(=O)N(CC(=O)Cl)c2cccc(I)c2)cc1. The van der Waals surface area contributed by atoms with Crippen molar-refractivity contribution >= 4 is 66.7 Å². The first kappa shape index (κ1) is 19.7. The van der Waals surface area contributed by atoms with Crippen LogP contribution in [-0.4, -0.2) is 26.1 Å². The molecule has 0 spiro atoms. The topological polar surface area (TPSA) is 83.6 Å². The first-order valence-corrected chi connectivity index (χ1v) is 9.94. The van der Waals surface area contributed by atoms with E-state index in [2.05, 4.69) is 27.9 Å². The third kappa shape index (κ3) is 5.16. The lowest BCUT2D eigenvalue weighted by Crippen LogP contribution is -2.34. The van der Waals surface area contributed by atoms with Gasteiger partial charge in [0.15, 0.2) is 0 Å². The Morgan fingerprint density at radius 3 is 2.32 bits per heavy atom. The molecule has 2 aromatic carbocycles. The summed E-state index contributed by atoms with van der Waals surface area (Å²) in [5, 5.41) is 1.77. The fourth-order valence-electron chi connectivity index (χ4n) is 2.10. The lowest BCUT2D eigenvalue weighted by atomic mass is 10.3. The smallest absolute Gasteiger partial charge is 0.264 e. The van der Waals surface area contributed by atoms with E-state index in [4.69, 9.17) is 11.6 Å². The van der Waals surface area contributed by atoms with E-state index < -0.39 is 21.8 Å². The van der Waals surface area contributed by atoms with Crippen molar-refractivity contribution in [3.05, 3.63) is 52.1 Å². The molecule has 0 saturated heterocycles. The highest BCUT2D eigenvalue weighted by molar-refractivity contribution is 14.1. The number of anilines is 2. The van der Waals surface area contributed by atoms with Crippen molar-refractivity contribution in [1.29, 1.82) is 0 Å². The third-order valence-corrected chi connectivity index (χ3v) is 5.71. The number of nitrogens with one attached hydrogen (secondary N) is 1. The molecule has 0 atom stereocenters. The van der Waals surface area contributed by atoms with Crippen molar-refractivity contribution < 1.29 is 18.0 Å². The van der Waals surface area contributed by atoms with Gasteiger partial charge in [-0.25, -0.2) is 8.42 Å². The van der Waals surface area contributed by atoms with Crippen molar-refractivity contribution in [1.82, 2.24) is 0 Å². The van der Waals surface area contributed by atoms with Crippen LogP contribution < -0.4 is 9.62 Å². The molecule has 0 heterocycles. The van der Waals surface area contributed by atoms with Gasteiger partial charge in [-0.15, -0.1) is 0 Å². The number of benzene rings is 2.